The van der Waals surface area contributed by atoms with Crippen LogP contribution in [0.2, 0.25) is 0 Å². The molecule has 0 unspecified atom stereocenters. The second kappa shape index (κ2) is 5.83. The maximum atomic E-state index is 11.6. The van der Waals surface area contributed by atoms with E-state index in [4.69, 9.17) is 10.00 Å². The predicted molar refractivity (Wildman–Crippen MR) is 74.2 cm³/mol. The topological polar surface area (TPSA) is 50.1 Å². The molecule has 19 heavy (non-hydrogen) atoms. The first-order valence-corrected chi connectivity index (χ1v) is 6.03. The third-order valence-corrected chi connectivity index (χ3v) is 2.74. The largest absolute Gasteiger partial charge is 0.462 e. The predicted octanol–water partition coefficient (Wildman–Crippen LogP) is 3.31. The number of hydrogen-bond acceptors (Lipinski definition) is 3. The molecule has 0 aliphatic carbocycles. The second-order valence-corrected chi connectivity index (χ2v) is 3.96. The minimum absolute atomic E-state index is 0.0122. The zero-order valence-corrected chi connectivity index (χ0v) is 10.6. The number of benzene rings is 2. The SMILES string of the molecule is CCOC(=O)/C(C#N)=C\c1cccc2ccccc12. The van der Waals surface area contributed by atoms with Gasteiger partial charge in [-0.1, -0.05) is 42.5 Å². The van der Waals surface area contributed by atoms with Crippen LogP contribution >= 0.6 is 0 Å². The molecule has 0 saturated carbocycles. The van der Waals surface area contributed by atoms with Crippen molar-refractivity contribution in [2.45, 2.75) is 6.92 Å². The van der Waals surface area contributed by atoms with Gasteiger partial charge in [0.05, 0.1) is 6.61 Å². The van der Waals surface area contributed by atoms with Gasteiger partial charge in [-0.25, -0.2) is 4.79 Å². The molecule has 0 spiro atoms. The van der Waals surface area contributed by atoms with E-state index in [1.165, 1.54) is 0 Å². The van der Waals surface area contributed by atoms with E-state index < -0.39 is 5.97 Å². The van der Waals surface area contributed by atoms with E-state index in [0.717, 1.165) is 16.3 Å². The fourth-order valence-corrected chi connectivity index (χ4v) is 1.88. The molecule has 2 rings (SSSR count). The Balaban J connectivity index is 2.50. The fourth-order valence-electron chi connectivity index (χ4n) is 1.88. The van der Waals surface area contributed by atoms with Crippen LogP contribution < -0.4 is 0 Å². The van der Waals surface area contributed by atoms with Crippen molar-refractivity contribution in [2.24, 2.45) is 0 Å². The Labute approximate surface area is 111 Å². The summed E-state index contributed by atoms with van der Waals surface area (Å²) in [6, 6.07) is 15.5. The summed E-state index contributed by atoms with van der Waals surface area (Å²) in [5, 5.41) is 11.1. The first-order valence-electron chi connectivity index (χ1n) is 6.03. The lowest BCUT2D eigenvalue weighted by molar-refractivity contribution is -0.137. The molecule has 0 aliphatic heterocycles. The monoisotopic (exact) mass is 251 g/mol. The number of rotatable bonds is 3. The van der Waals surface area contributed by atoms with Gasteiger partial charge in [0.1, 0.15) is 11.6 Å². The molecular formula is C16H13NO2. The van der Waals surface area contributed by atoms with E-state index >= 15 is 0 Å². The molecule has 0 N–H and O–H groups in total. The lowest BCUT2D eigenvalue weighted by Gasteiger charge is -2.03. The fraction of sp³-hybridized carbons (Fsp3) is 0.125. The number of fused-ring (bicyclic) bond motifs is 1. The zero-order chi connectivity index (χ0) is 13.7. The Hall–Kier alpha value is -2.60. The molecular weight excluding hydrogens is 238 g/mol. The van der Waals surface area contributed by atoms with Crippen LogP contribution in [0.4, 0.5) is 0 Å². The Bertz CT molecular complexity index is 675. The molecule has 3 heteroatoms. The van der Waals surface area contributed by atoms with Gasteiger partial charge >= 0.3 is 5.97 Å². The summed E-state index contributed by atoms with van der Waals surface area (Å²) in [5.41, 5.74) is 0.848. The normalized spacial score (nSPS) is 11.1. The van der Waals surface area contributed by atoms with Crippen molar-refractivity contribution in [3.63, 3.8) is 0 Å². The summed E-state index contributed by atoms with van der Waals surface area (Å²) in [7, 11) is 0. The van der Waals surface area contributed by atoms with Crippen LogP contribution in [0.1, 0.15) is 12.5 Å². The molecule has 0 bridgehead atoms. The molecule has 94 valence electrons. The summed E-state index contributed by atoms with van der Waals surface area (Å²) >= 11 is 0. The lowest BCUT2D eigenvalue weighted by atomic mass is 10.0. The first kappa shape index (κ1) is 12.8. The average Bonchev–Trinajstić information content (AvgIpc) is 2.45. The Morgan fingerprint density at radius 3 is 2.74 bits per heavy atom. The summed E-state index contributed by atoms with van der Waals surface area (Å²) in [6.45, 7) is 1.97. The Morgan fingerprint density at radius 1 is 1.26 bits per heavy atom. The maximum absolute atomic E-state index is 11.6. The molecule has 0 radical (unpaired) electrons. The van der Waals surface area contributed by atoms with Gasteiger partial charge in [0.25, 0.3) is 0 Å². The number of esters is 1. The number of carbonyl (C=O) groups is 1. The summed E-state index contributed by atoms with van der Waals surface area (Å²) in [4.78, 5) is 11.6. The molecule has 2 aromatic carbocycles. The highest BCUT2D eigenvalue weighted by atomic mass is 16.5. The van der Waals surface area contributed by atoms with E-state index in [-0.39, 0.29) is 12.2 Å². The van der Waals surface area contributed by atoms with E-state index in [0.29, 0.717) is 0 Å². The van der Waals surface area contributed by atoms with E-state index in [1.807, 2.05) is 48.5 Å². The highest BCUT2D eigenvalue weighted by Gasteiger charge is 2.10. The van der Waals surface area contributed by atoms with E-state index in [1.54, 1.807) is 13.0 Å². The number of carbonyl (C=O) groups excluding carboxylic acids is 1. The zero-order valence-electron chi connectivity index (χ0n) is 10.6. The quantitative estimate of drug-likeness (QED) is 0.477. The smallest absolute Gasteiger partial charge is 0.348 e. The minimum Gasteiger partial charge on any atom is -0.462 e. The molecule has 0 aliphatic rings. The first-order chi connectivity index (χ1) is 9.26. The van der Waals surface area contributed by atoms with Gasteiger partial charge < -0.3 is 4.74 Å². The van der Waals surface area contributed by atoms with Crippen LogP contribution in [0.5, 0.6) is 0 Å². The van der Waals surface area contributed by atoms with Crippen molar-refractivity contribution in [3.8, 4) is 6.07 Å². The van der Waals surface area contributed by atoms with Gasteiger partial charge in [0.15, 0.2) is 0 Å². The van der Waals surface area contributed by atoms with Crippen LogP contribution in [0.15, 0.2) is 48.0 Å². The third-order valence-electron chi connectivity index (χ3n) is 2.74. The summed E-state index contributed by atoms with van der Waals surface area (Å²) < 4.78 is 4.85. The number of nitriles is 1. The number of ether oxygens (including phenoxy) is 1. The van der Waals surface area contributed by atoms with Crippen LogP contribution in [-0.2, 0) is 9.53 Å². The maximum Gasteiger partial charge on any atom is 0.348 e. The molecule has 0 fully saturated rings. The number of nitrogens with zero attached hydrogens (tertiary/aromatic N) is 1. The van der Waals surface area contributed by atoms with E-state index in [2.05, 4.69) is 0 Å². The lowest BCUT2D eigenvalue weighted by Crippen LogP contribution is -2.06. The van der Waals surface area contributed by atoms with Crippen molar-refractivity contribution in [1.29, 1.82) is 5.26 Å². The second-order valence-electron chi connectivity index (χ2n) is 3.96. The van der Waals surface area contributed by atoms with Gasteiger partial charge in [-0.3, -0.25) is 0 Å². The molecule has 3 nitrogen and oxygen atoms in total. The highest BCUT2D eigenvalue weighted by Crippen LogP contribution is 2.21. The summed E-state index contributed by atoms with van der Waals surface area (Å²) in [5.74, 6) is -0.585. The van der Waals surface area contributed by atoms with Crippen LogP contribution in [0.3, 0.4) is 0 Å². The van der Waals surface area contributed by atoms with Crippen molar-refractivity contribution >= 4 is 22.8 Å². The van der Waals surface area contributed by atoms with Crippen LogP contribution in [0.25, 0.3) is 16.8 Å². The molecule has 0 amide bonds. The van der Waals surface area contributed by atoms with Crippen molar-refractivity contribution in [3.05, 3.63) is 53.6 Å². The molecule has 0 atom stereocenters. The van der Waals surface area contributed by atoms with Gasteiger partial charge in [-0.05, 0) is 29.3 Å². The molecule has 0 saturated heterocycles. The van der Waals surface area contributed by atoms with Crippen LogP contribution in [-0.4, -0.2) is 12.6 Å². The standard InChI is InChI=1S/C16H13NO2/c1-2-19-16(18)14(11-17)10-13-8-5-7-12-6-3-4-9-15(12)13/h3-10H,2H2,1H3/b14-10-. The molecule has 0 aromatic heterocycles. The van der Waals surface area contributed by atoms with Crippen molar-refractivity contribution in [1.82, 2.24) is 0 Å². The Morgan fingerprint density at radius 2 is 2.00 bits per heavy atom. The van der Waals surface area contributed by atoms with Gasteiger partial charge in [0, 0.05) is 0 Å². The van der Waals surface area contributed by atoms with Gasteiger partial charge in [0.2, 0.25) is 0 Å². The molecule has 2 aromatic rings. The van der Waals surface area contributed by atoms with Gasteiger partial charge in [-0.2, -0.15) is 5.26 Å². The highest BCUT2D eigenvalue weighted by molar-refractivity contribution is 6.01. The summed E-state index contributed by atoms with van der Waals surface area (Å²) in [6.07, 6.45) is 1.57. The minimum atomic E-state index is -0.585. The van der Waals surface area contributed by atoms with Gasteiger partial charge in [-0.15, -0.1) is 0 Å². The van der Waals surface area contributed by atoms with Crippen molar-refractivity contribution < 1.29 is 9.53 Å². The van der Waals surface area contributed by atoms with E-state index in [9.17, 15) is 4.79 Å². The van der Waals surface area contributed by atoms with Crippen LogP contribution in [0, 0.1) is 11.3 Å². The van der Waals surface area contributed by atoms with Crippen molar-refractivity contribution in [2.75, 3.05) is 6.61 Å². The third kappa shape index (κ3) is 2.80. The number of hydrogen-bond donors (Lipinski definition) is 0. The molecule has 0 heterocycles. The average molecular weight is 251 g/mol. The Kier molecular flexibility index (Phi) is 3.94.